The third-order valence-electron chi connectivity index (χ3n) is 1.93. The van der Waals surface area contributed by atoms with E-state index >= 15 is 0 Å². The smallest absolute Gasteiger partial charge is 0.0433 e. The number of nitrogens with one attached hydrogen (secondary N) is 1. The lowest BCUT2D eigenvalue weighted by Gasteiger charge is -2.33. The summed E-state index contributed by atoms with van der Waals surface area (Å²) < 4.78 is 0. The Morgan fingerprint density at radius 3 is 2.67 bits per heavy atom. The Balaban J connectivity index is 1.98. The van der Waals surface area contributed by atoms with Crippen LogP contribution in [-0.2, 0) is 0 Å². The van der Waals surface area contributed by atoms with Crippen molar-refractivity contribution < 1.29 is 5.11 Å². The highest BCUT2D eigenvalue weighted by Gasteiger charge is 2.27. The van der Waals surface area contributed by atoms with Crippen LogP contribution in [0.25, 0.3) is 0 Å². The molecule has 0 radical (unpaired) electrons. The van der Waals surface area contributed by atoms with Crippen molar-refractivity contribution in [2.75, 3.05) is 6.61 Å². The van der Waals surface area contributed by atoms with Crippen LogP contribution in [0.1, 0.15) is 19.3 Å². The summed E-state index contributed by atoms with van der Waals surface area (Å²) in [6.07, 6.45) is 3.20. The lowest BCUT2D eigenvalue weighted by Crippen LogP contribution is -2.36. The van der Waals surface area contributed by atoms with Gasteiger partial charge in [0.05, 0.1) is 0 Å². The summed E-state index contributed by atoms with van der Waals surface area (Å²) in [5, 5.41) is 8.51. The topological polar surface area (TPSA) is 32.3 Å². The van der Waals surface area contributed by atoms with Crippen LogP contribution in [0.2, 0.25) is 0 Å². The number of hydrogen-bond acceptors (Lipinski definition) is 2. The molecular weight excluding hydrogens is 138 g/mol. The van der Waals surface area contributed by atoms with Gasteiger partial charge in [0, 0.05) is 12.6 Å². The molecule has 1 fully saturated rings. The summed E-state index contributed by atoms with van der Waals surface area (Å²) in [6, 6.07) is 0.503. The molecule has 0 saturated heterocycles. The average Bonchev–Trinajstić information content (AvgIpc) is 1.77. The van der Waals surface area contributed by atoms with Crippen LogP contribution in [-0.4, -0.2) is 17.8 Å². The lowest BCUT2D eigenvalue weighted by atomic mass is 9.79. The third-order valence-corrected chi connectivity index (χ3v) is 2.24. The standard InChI is InChI=1S/C6H12ClNO/c7-8-6-3-5(4-6)1-2-9/h5-6,8-9H,1-4H2/t5-,6+. The Morgan fingerprint density at radius 2 is 2.22 bits per heavy atom. The first-order chi connectivity index (χ1) is 4.36. The second-order valence-electron chi connectivity index (χ2n) is 2.66. The van der Waals surface area contributed by atoms with E-state index in [0.29, 0.717) is 18.6 Å². The Morgan fingerprint density at radius 1 is 1.56 bits per heavy atom. The minimum absolute atomic E-state index is 0.319. The zero-order valence-electron chi connectivity index (χ0n) is 5.31. The molecular formula is C6H12ClNO. The van der Waals surface area contributed by atoms with Gasteiger partial charge in [-0.3, -0.25) is 0 Å². The highest BCUT2D eigenvalue weighted by molar-refractivity contribution is 6.13. The molecule has 2 N–H and O–H groups in total. The van der Waals surface area contributed by atoms with Crippen molar-refractivity contribution in [1.82, 2.24) is 4.84 Å². The minimum atomic E-state index is 0.319. The van der Waals surface area contributed by atoms with E-state index in [4.69, 9.17) is 16.9 Å². The normalized spacial score (nSPS) is 34.0. The van der Waals surface area contributed by atoms with Crippen molar-refractivity contribution in [3.8, 4) is 0 Å². The van der Waals surface area contributed by atoms with Gasteiger partial charge in [-0.05, 0) is 37.0 Å². The van der Waals surface area contributed by atoms with Gasteiger partial charge in [-0.2, -0.15) is 0 Å². The van der Waals surface area contributed by atoms with E-state index in [-0.39, 0.29) is 0 Å². The molecule has 0 aromatic heterocycles. The highest BCUT2D eigenvalue weighted by atomic mass is 35.5. The Labute approximate surface area is 60.3 Å². The Kier molecular flexibility index (Phi) is 2.76. The summed E-state index contributed by atoms with van der Waals surface area (Å²) in [7, 11) is 0. The molecule has 0 amide bonds. The van der Waals surface area contributed by atoms with Gasteiger partial charge in [0.2, 0.25) is 0 Å². The van der Waals surface area contributed by atoms with E-state index in [1.807, 2.05) is 0 Å². The van der Waals surface area contributed by atoms with Gasteiger partial charge in [0.25, 0.3) is 0 Å². The van der Waals surface area contributed by atoms with Gasteiger partial charge < -0.3 is 5.11 Å². The Hall–Kier alpha value is 0.210. The van der Waals surface area contributed by atoms with Gasteiger partial charge in [0.15, 0.2) is 0 Å². The molecule has 2 nitrogen and oxygen atoms in total. The predicted octanol–water partition coefficient (Wildman–Crippen LogP) is 0.891. The van der Waals surface area contributed by atoms with E-state index in [2.05, 4.69) is 4.84 Å². The molecule has 1 aliphatic carbocycles. The zero-order chi connectivity index (χ0) is 6.69. The monoisotopic (exact) mass is 149 g/mol. The molecule has 0 aromatic rings. The van der Waals surface area contributed by atoms with Crippen LogP contribution >= 0.6 is 11.8 Å². The van der Waals surface area contributed by atoms with E-state index in [0.717, 1.165) is 19.3 Å². The highest BCUT2D eigenvalue weighted by Crippen LogP contribution is 2.29. The molecule has 1 saturated carbocycles. The van der Waals surface area contributed by atoms with Crippen molar-refractivity contribution in [2.24, 2.45) is 5.92 Å². The Bertz CT molecular complexity index is 83.1. The maximum absolute atomic E-state index is 8.51. The average molecular weight is 150 g/mol. The molecule has 1 aliphatic rings. The van der Waals surface area contributed by atoms with Crippen LogP contribution in [0, 0.1) is 5.92 Å². The fourth-order valence-electron chi connectivity index (χ4n) is 1.24. The van der Waals surface area contributed by atoms with Crippen LogP contribution in [0.3, 0.4) is 0 Å². The summed E-state index contributed by atoms with van der Waals surface area (Å²) in [5.74, 6) is 0.714. The fourth-order valence-corrected chi connectivity index (χ4v) is 1.42. The second kappa shape index (κ2) is 3.40. The van der Waals surface area contributed by atoms with E-state index in [1.54, 1.807) is 0 Å². The van der Waals surface area contributed by atoms with Crippen molar-refractivity contribution >= 4 is 11.8 Å². The number of aliphatic hydroxyl groups excluding tert-OH is 1. The summed E-state index contributed by atoms with van der Waals surface area (Å²) in [4.78, 5) is 2.68. The van der Waals surface area contributed by atoms with Gasteiger partial charge in [-0.25, -0.2) is 4.84 Å². The zero-order valence-corrected chi connectivity index (χ0v) is 6.06. The maximum Gasteiger partial charge on any atom is 0.0433 e. The number of hydrogen-bond donors (Lipinski definition) is 2. The molecule has 0 heterocycles. The molecule has 0 spiro atoms. The lowest BCUT2D eigenvalue weighted by molar-refractivity contribution is 0.181. The first-order valence-electron chi connectivity index (χ1n) is 3.34. The maximum atomic E-state index is 8.51. The third kappa shape index (κ3) is 1.81. The molecule has 0 aliphatic heterocycles. The number of aliphatic hydroxyl groups is 1. The summed E-state index contributed by atoms with van der Waals surface area (Å²) >= 11 is 5.36. The molecule has 0 bridgehead atoms. The van der Waals surface area contributed by atoms with Crippen molar-refractivity contribution in [2.45, 2.75) is 25.3 Å². The predicted molar refractivity (Wildman–Crippen MR) is 37.2 cm³/mol. The van der Waals surface area contributed by atoms with Gasteiger partial charge in [-0.15, -0.1) is 0 Å². The first kappa shape index (κ1) is 7.32. The largest absolute Gasteiger partial charge is 0.396 e. The van der Waals surface area contributed by atoms with Gasteiger partial charge in [0.1, 0.15) is 0 Å². The number of halogens is 1. The van der Waals surface area contributed by atoms with Gasteiger partial charge >= 0.3 is 0 Å². The van der Waals surface area contributed by atoms with Gasteiger partial charge in [-0.1, -0.05) is 0 Å². The minimum Gasteiger partial charge on any atom is -0.396 e. The summed E-state index contributed by atoms with van der Waals surface area (Å²) in [6.45, 7) is 0.319. The van der Waals surface area contributed by atoms with Crippen LogP contribution < -0.4 is 4.84 Å². The molecule has 54 valence electrons. The second-order valence-corrected chi connectivity index (χ2v) is 2.87. The van der Waals surface area contributed by atoms with E-state index < -0.39 is 0 Å². The number of rotatable bonds is 3. The van der Waals surface area contributed by atoms with E-state index in [1.165, 1.54) is 0 Å². The molecule has 1 rings (SSSR count). The quantitative estimate of drug-likeness (QED) is 0.585. The van der Waals surface area contributed by atoms with Crippen molar-refractivity contribution in [3.05, 3.63) is 0 Å². The first-order valence-corrected chi connectivity index (χ1v) is 3.71. The van der Waals surface area contributed by atoms with Crippen LogP contribution in [0.5, 0.6) is 0 Å². The van der Waals surface area contributed by atoms with Crippen molar-refractivity contribution in [1.29, 1.82) is 0 Å². The van der Waals surface area contributed by atoms with Crippen LogP contribution in [0.15, 0.2) is 0 Å². The molecule has 9 heavy (non-hydrogen) atoms. The molecule has 0 unspecified atom stereocenters. The molecule has 0 atom stereocenters. The molecule has 0 aromatic carbocycles. The van der Waals surface area contributed by atoms with Crippen LogP contribution in [0.4, 0.5) is 0 Å². The van der Waals surface area contributed by atoms with Crippen molar-refractivity contribution in [3.63, 3.8) is 0 Å². The fraction of sp³-hybridized carbons (Fsp3) is 1.00. The van der Waals surface area contributed by atoms with E-state index in [9.17, 15) is 0 Å². The SMILES string of the molecule is OCC[C@H]1C[C@@H](NCl)C1. The molecule has 3 heteroatoms. The summed E-state index contributed by atoms with van der Waals surface area (Å²) in [5.41, 5.74) is 0.